The molecule has 1 heterocycles. The van der Waals surface area contributed by atoms with E-state index < -0.39 is 0 Å². The Balaban J connectivity index is 1.59. The Labute approximate surface area is 125 Å². The number of halogens is 1. The lowest BCUT2D eigenvalue weighted by Crippen LogP contribution is -2.19. The van der Waals surface area contributed by atoms with Crippen LogP contribution in [0.25, 0.3) is 0 Å². The molecule has 0 amide bonds. The van der Waals surface area contributed by atoms with Crippen molar-refractivity contribution in [2.45, 2.75) is 31.5 Å². The summed E-state index contributed by atoms with van der Waals surface area (Å²) in [6.45, 7) is 0. The highest BCUT2D eigenvalue weighted by atomic mass is 19.1. The van der Waals surface area contributed by atoms with Crippen LogP contribution in [-0.4, -0.2) is 6.10 Å². The van der Waals surface area contributed by atoms with Gasteiger partial charge in [0.2, 0.25) is 0 Å². The van der Waals surface area contributed by atoms with E-state index in [1.165, 1.54) is 17.7 Å². The Morgan fingerprint density at radius 2 is 1.76 bits per heavy atom. The van der Waals surface area contributed by atoms with Crippen LogP contribution in [0, 0.1) is 5.82 Å². The summed E-state index contributed by atoms with van der Waals surface area (Å²) in [5, 5.41) is 0. The zero-order valence-electron chi connectivity index (χ0n) is 11.9. The molecule has 0 saturated carbocycles. The van der Waals surface area contributed by atoms with Crippen molar-refractivity contribution in [3.8, 4) is 0 Å². The van der Waals surface area contributed by atoms with Gasteiger partial charge in [-0.3, -0.25) is 0 Å². The van der Waals surface area contributed by atoms with Crippen LogP contribution in [0.15, 0.2) is 66.7 Å². The Morgan fingerprint density at radius 3 is 2.52 bits per heavy atom. The van der Waals surface area contributed by atoms with Gasteiger partial charge in [-0.2, -0.15) is 0 Å². The molecule has 21 heavy (non-hydrogen) atoms. The molecule has 1 aliphatic rings. The van der Waals surface area contributed by atoms with Gasteiger partial charge in [-0.1, -0.05) is 54.6 Å². The lowest BCUT2D eigenvalue weighted by molar-refractivity contribution is 0.000712. The molecule has 1 aliphatic heterocycles. The topological polar surface area (TPSA) is 9.23 Å². The van der Waals surface area contributed by atoms with Crippen LogP contribution in [0.5, 0.6) is 0 Å². The first kappa shape index (κ1) is 14.0. The lowest BCUT2D eigenvalue weighted by atomic mass is 10.0. The van der Waals surface area contributed by atoms with Gasteiger partial charge in [0.25, 0.3) is 0 Å². The minimum Gasteiger partial charge on any atom is -0.366 e. The van der Waals surface area contributed by atoms with Crippen LogP contribution in [0.3, 0.4) is 0 Å². The zero-order valence-corrected chi connectivity index (χ0v) is 11.9. The lowest BCUT2D eigenvalue weighted by Gasteiger charge is -2.26. The molecule has 0 unspecified atom stereocenters. The highest BCUT2D eigenvalue weighted by molar-refractivity contribution is 5.23. The third-order valence-electron chi connectivity index (χ3n) is 3.85. The first-order chi connectivity index (χ1) is 10.3. The standard InChI is InChI=1S/C19H19FO/c20-17-12-10-16(11-13-17)19-8-4-7-18(21-19)14-9-15-5-2-1-3-6-15/h1-6,8,10-13,18-19H,7,9,14H2/t18-,19-/m0/s1. The smallest absolute Gasteiger partial charge is 0.123 e. The van der Waals surface area contributed by atoms with E-state index in [0.717, 1.165) is 24.8 Å². The van der Waals surface area contributed by atoms with Crippen molar-refractivity contribution in [3.05, 3.63) is 83.7 Å². The summed E-state index contributed by atoms with van der Waals surface area (Å²) in [6.07, 6.45) is 7.39. The first-order valence-corrected chi connectivity index (χ1v) is 7.43. The van der Waals surface area contributed by atoms with Crippen LogP contribution in [0.2, 0.25) is 0 Å². The van der Waals surface area contributed by atoms with E-state index in [4.69, 9.17) is 4.74 Å². The molecule has 2 aromatic carbocycles. The van der Waals surface area contributed by atoms with Gasteiger partial charge < -0.3 is 4.74 Å². The normalized spacial score (nSPS) is 21.4. The van der Waals surface area contributed by atoms with Gasteiger partial charge in [-0.05, 0) is 42.5 Å². The summed E-state index contributed by atoms with van der Waals surface area (Å²) in [4.78, 5) is 0. The molecule has 0 aliphatic carbocycles. The highest BCUT2D eigenvalue weighted by Gasteiger charge is 2.19. The number of aryl methyl sites for hydroxylation is 1. The molecule has 1 nitrogen and oxygen atoms in total. The minimum absolute atomic E-state index is 0.0554. The quantitative estimate of drug-likeness (QED) is 0.729. The maximum atomic E-state index is 13.0. The van der Waals surface area contributed by atoms with E-state index >= 15 is 0 Å². The summed E-state index contributed by atoms with van der Waals surface area (Å²) in [5.41, 5.74) is 2.35. The summed E-state index contributed by atoms with van der Waals surface area (Å²) < 4.78 is 19.1. The van der Waals surface area contributed by atoms with Crippen molar-refractivity contribution in [2.24, 2.45) is 0 Å². The monoisotopic (exact) mass is 282 g/mol. The maximum absolute atomic E-state index is 13.0. The Morgan fingerprint density at radius 1 is 1.00 bits per heavy atom. The van der Waals surface area contributed by atoms with Gasteiger partial charge in [0, 0.05) is 0 Å². The van der Waals surface area contributed by atoms with Gasteiger partial charge in [0.05, 0.1) is 6.10 Å². The second kappa shape index (κ2) is 6.68. The van der Waals surface area contributed by atoms with E-state index in [1.54, 1.807) is 12.1 Å². The summed E-state index contributed by atoms with van der Waals surface area (Å²) in [7, 11) is 0. The fourth-order valence-electron chi connectivity index (χ4n) is 2.66. The van der Waals surface area contributed by atoms with Crippen LogP contribution in [0.4, 0.5) is 4.39 Å². The molecule has 0 fully saturated rings. The van der Waals surface area contributed by atoms with Gasteiger partial charge in [-0.15, -0.1) is 0 Å². The van der Waals surface area contributed by atoms with E-state index in [9.17, 15) is 4.39 Å². The second-order valence-electron chi connectivity index (χ2n) is 5.42. The number of benzene rings is 2. The molecular weight excluding hydrogens is 263 g/mol. The highest BCUT2D eigenvalue weighted by Crippen LogP contribution is 2.28. The maximum Gasteiger partial charge on any atom is 0.123 e. The first-order valence-electron chi connectivity index (χ1n) is 7.43. The Kier molecular flexibility index (Phi) is 4.46. The van der Waals surface area contributed by atoms with Crippen LogP contribution >= 0.6 is 0 Å². The van der Waals surface area contributed by atoms with Crippen molar-refractivity contribution < 1.29 is 9.13 Å². The van der Waals surface area contributed by atoms with Gasteiger partial charge in [0.15, 0.2) is 0 Å². The third kappa shape index (κ3) is 3.79. The van der Waals surface area contributed by atoms with Crippen molar-refractivity contribution >= 4 is 0 Å². The SMILES string of the molecule is Fc1ccc([C@@H]2C=CC[C@@H](CCc3ccccc3)O2)cc1. The van der Waals surface area contributed by atoms with Crippen molar-refractivity contribution in [1.82, 2.24) is 0 Å². The van der Waals surface area contributed by atoms with E-state index in [0.29, 0.717) is 0 Å². The molecular formula is C19H19FO. The van der Waals surface area contributed by atoms with Crippen molar-refractivity contribution in [3.63, 3.8) is 0 Å². The van der Waals surface area contributed by atoms with Crippen LogP contribution in [0.1, 0.15) is 30.1 Å². The predicted octanol–water partition coefficient (Wildman–Crippen LogP) is 4.84. The Hall–Kier alpha value is -1.93. The van der Waals surface area contributed by atoms with Crippen molar-refractivity contribution in [2.75, 3.05) is 0 Å². The molecule has 0 radical (unpaired) electrons. The molecule has 2 atom stereocenters. The molecule has 3 rings (SSSR count). The molecule has 0 aromatic heterocycles. The van der Waals surface area contributed by atoms with Crippen LogP contribution < -0.4 is 0 Å². The molecule has 0 saturated heterocycles. The molecule has 0 bridgehead atoms. The van der Waals surface area contributed by atoms with E-state index in [2.05, 4.69) is 36.4 Å². The zero-order chi connectivity index (χ0) is 14.5. The molecule has 0 spiro atoms. The second-order valence-corrected chi connectivity index (χ2v) is 5.42. The summed E-state index contributed by atoms with van der Waals surface area (Å²) in [6, 6.07) is 17.0. The number of hydrogen-bond donors (Lipinski definition) is 0. The largest absolute Gasteiger partial charge is 0.366 e. The molecule has 2 heteroatoms. The van der Waals surface area contributed by atoms with Gasteiger partial charge in [-0.25, -0.2) is 4.39 Å². The number of ether oxygens (including phenoxy) is 1. The van der Waals surface area contributed by atoms with Crippen molar-refractivity contribution in [1.29, 1.82) is 0 Å². The third-order valence-corrected chi connectivity index (χ3v) is 3.85. The molecule has 108 valence electrons. The molecule has 0 N–H and O–H groups in total. The minimum atomic E-state index is -0.209. The van der Waals surface area contributed by atoms with E-state index in [1.807, 2.05) is 6.07 Å². The summed E-state index contributed by atoms with van der Waals surface area (Å²) in [5.74, 6) is -0.209. The average Bonchev–Trinajstić information content (AvgIpc) is 2.55. The molecule has 2 aromatic rings. The average molecular weight is 282 g/mol. The fraction of sp³-hybridized carbons (Fsp3) is 0.263. The van der Waals surface area contributed by atoms with Crippen LogP contribution in [-0.2, 0) is 11.2 Å². The fourth-order valence-corrected chi connectivity index (χ4v) is 2.66. The van der Waals surface area contributed by atoms with Gasteiger partial charge >= 0.3 is 0 Å². The predicted molar refractivity (Wildman–Crippen MR) is 82.5 cm³/mol. The summed E-state index contributed by atoms with van der Waals surface area (Å²) >= 11 is 0. The Bertz CT molecular complexity index is 589. The van der Waals surface area contributed by atoms with E-state index in [-0.39, 0.29) is 18.0 Å². The van der Waals surface area contributed by atoms with Gasteiger partial charge in [0.1, 0.15) is 11.9 Å². The number of rotatable bonds is 4. The number of hydrogen-bond acceptors (Lipinski definition) is 1.